The topological polar surface area (TPSA) is 57.5 Å². The molecule has 3 heteroatoms. The fraction of sp³-hybridized carbons (Fsp3) is 0.731. The van der Waals surface area contributed by atoms with Gasteiger partial charge in [-0.25, -0.2) is 0 Å². The number of hydrogen-bond donors (Lipinski definition) is 2. The van der Waals surface area contributed by atoms with E-state index in [1.807, 2.05) is 12.1 Å². The van der Waals surface area contributed by atoms with Gasteiger partial charge in [-0.05, 0) is 80.0 Å². The van der Waals surface area contributed by atoms with Gasteiger partial charge in [0.1, 0.15) is 5.75 Å². The van der Waals surface area contributed by atoms with Gasteiger partial charge in [0.05, 0.1) is 5.41 Å². The Balaban J connectivity index is 1.65. The van der Waals surface area contributed by atoms with Crippen molar-refractivity contribution < 1.29 is 15.0 Å². The summed E-state index contributed by atoms with van der Waals surface area (Å²) in [6.45, 7) is 6.92. The number of benzene rings is 1. The summed E-state index contributed by atoms with van der Waals surface area (Å²) in [5.74, 6) is -0.218. The van der Waals surface area contributed by atoms with Crippen LogP contribution in [0.15, 0.2) is 18.2 Å². The van der Waals surface area contributed by atoms with E-state index >= 15 is 0 Å². The number of carbonyl (C=O) groups is 1. The van der Waals surface area contributed by atoms with Crippen LogP contribution in [0.3, 0.4) is 0 Å². The molecule has 1 saturated carbocycles. The molecule has 1 aliphatic rings. The van der Waals surface area contributed by atoms with Gasteiger partial charge in [0.15, 0.2) is 0 Å². The lowest BCUT2D eigenvalue weighted by Crippen LogP contribution is -2.14. The molecule has 0 aromatic heterocycles. The van der Waals surface area contributed by atoms with Gasteiger partial charge in [0, 0.05) is 0 Å². The Labute approximate surface area is 177 Å². The first-order valence-corrected chi connectivity index (χ1v) is 11.8. The zero-order valence-corrected chi connectivity index (χ0v) is 18.9. The molecule has 0 amide bonds. The summed E-state index contributed by atoms with van der Waals surface area (Å²) >= 11 is 0. The van der Waals surface area contributed by atoms with Crippen LogP contribution in [0.25, 0.3) is 0 Å². The molecule has 2 N–H and O–H groups in total. The first kappa shape index (κ1) is 23.8. The Morgan fingerprint density at radius 3 is 2.07 bits per heavy atom. The number of aliphatic carboxylic acids is 1. The fourth-order valence-electron chi connectivity index (χ4n) is 4.27. The van der Waals surface area contributed by atoms with Crippen molar-refractivity contribution in [1.29, 1.82) is 0 Å². The lowest BCUT2D eigenvalue weighted by molar-refractivity contribution is -0.143. The monoisotopic (exact) mass is 402 g/mol. The van der Waals surface area contributed by atoms with Crippen LogP contribution in [0.2, 0.25) is 0 Å². The van der Waals surface area contributed by atoms with Crippen molar-refractivity contribution in [3.63, 3.8) is 0 Å². The molecule has 29 heavy (non-hydrogen) atoms. The van der Waals surface area contributed by atoms with Gasteiger partial charge in [-0.3, -0.25) is 4.79 Å². The molecule has 1 aromatic rings. The quantitative estimate of drug-likeness (QED) is 0.321. The third-order valence-electron chi connectivity index (χ3n) is 6.47. The highest BCUT2D eigenvalue weighted by Crippen LogP contribution is 2.50. The van der Waals surface area contributed by atoms with E-state index in [-0.39, 0.29) is 5.41 Å². The maximum atomic E-state index is 11.2. The normalized spacial score (nSPS) is 15.4. The van der Waals surface area contributed by atoms with E-state index < -0.39 is 5.97 Å². The summed E-state index contributed by atoms with van der Waals surface area (Å²) in [6.07, 6.45) is 15.5. The molecule has 0 bridgehead atoms. The molecule has 1 fully saturated rings. The van der Waals surface area contributed by atoms with Gasteiger partial charge in [0.25, 0.3) is 0 Å². The van der Waals surface area contributed by atoms with E-state index in [1.54, 1.807) is 0 Å². The zero-order chi connectivity index (χ0) is 21.3. The molecule has 0 spiro atoms. The third kappa shape index (κ3) is 8.80. The Hall–Kier alpha value is -1.51. The number of aromatic hydroxyl groups is 1. The number of phenols is 1. The Morgan fingerprint density at radius 1 is 0.897 bits per heavy atom. The second-order valence-corrected chi connectivity index (χ2v) is 10.4. The molecule has 3 nitrogen and oxygen atoms in total. The molecule has 0 saturated heterocycles. The second-order valence-electron chi connectivity index (χ2n) is 10.4. The smallest absolute Gasteiger partial charge is 0.309 e. The minimum Gasteiger partial charge on any atom is -0.508 e. The summed E-state index contributed by atoms with van der Waals surface area (Å²) in [7, 11) is 0. The minimum atomic E-state index is -0.593. The summed E-state index contributed by atoms with van der Waals surface area (Å²) < 4.78 is 0. The SMILES string of the molecule is CC(C)(C)CCCCCCc1cc(O)ccc1CCCCCCC1(C(=O)O)CC1. The predicted octanol–water partition coefficient (Wildman–Crippen LogP) is 7.29. The maximum Gasteiger partial charge on any atom is 0.309 e. The molecular formula is C26H42O3. The number of hydrogen-bond acceptors (Lipinski definition) is 2. The summed E-state index contributed by atoms with van der Waals surface area (Å²) in [5.41, 5.74) is 2.76. The van der Waals surface area contributed by atoms with E-state index in [4.69, 9.17) is 0 Å². The van der Waals surface area contributed by atoms with Crippen molar-refractivity contribution in [2.45, 2.75) is 111 Å². The van der Waals surface area contributed by atoms with Gasteiger partial charge < -0.3 is 10.2 Å². The van der Waals surface area contributed by atoms with Crippen molar-refractivity contribution in [3.8, 4) is 5.75 Å². The molecule has 1 aliphatic carbocycles. The average Bonchev–Trinajstić information content (AvgIpc) is 3.42. The maximum absolute atomic E-state index is 11.2. The zero-order valence-electron chi connectivity index (χ0n) is 18.9. The molecule has 2 rings (SSSR count). The highest BCUT2D eigenvalue weighted by atomic mass is 16.4. The molecule has 0 atom stereocenters. The van der Waals surface area contributed by atoms with Gasteiger partial charge >= 0.3 is 5.97 Å². The van der Waals surface area contributed by atoms with Crippen LogP contribution >= 0.6 is 0 Å². The number of carboxylic acids is 1. The van der Waals surface area contributed by atoms with E-state index in [9.17, 15) is 15.0 Å². The molecule has 164 valence electrons. The largest absolute Gasteiger partial charge is 0.508 e. The number of rotatable bonds is 14. The lowest BCUT2D eigenvalue weighted by Gasteiger charge is -2.17. The minimum absolute atomic E-state index is 0.364. The van der Waals surface area contributed by atoms with E-state index in [0.717, 1.165) is 57.8 Å². The molecular weight excluding hydrogens is 360 g/mol. The van der Waals surface area contributed by atoms with Crippen LogP contribution in [-0.4, -0.2) is 16.2 Å². The summed E-state index contributed by atoms with van der Waals surface area (Å²) in [4.78, 5) is 11.2. The van der Waals surface area contributed by atoms with Crippen LogP contribution < -0.4 is 0 Å². The van der Waals surface area contributed by atoms with Crippen molar-refractivity contribution in [2.75, 3.05) is 0 Å². The Morgan fingerprint density at radius 2 is 1.48 bits per heavy atom. The number of aryl methyl sites for hydroxylation is 2. The highest BCUT2D eigenvalue weighted by molar-refractivity contribution is 5.77. The fourth-order valence-corrected chi connectivity index (χ4v) is 4.27. The van der Waals surface area contributed by atoms with Crippen molar-refractivity contribution in [2.24, 2.45) is 10.8 Å². The van der Waals surface area contributed by atoms with Crippen LogP contribution in [-0.2, 0) is 17.6 Å². The van der Waals surface area contributed by atoms with Gasteiger partial charge in [0.2, 0.25) is 0 Å². The van der Waals surface area contributed by atoms with Crippen molar-refractivity contribution in [3.05, 3.63) is 29.3 Å². The molecule has 0 unspecified atom stereocenters. The Bertz CT molecular complexity index is 638. The van der Waals surface area contributed by atoms with Gasteiger partial charge in [-0.15, -0.1) is 0 Å². The summed E-state index contributed by atoms with van der Waals surface area (Å²) in [5, 5.41) is 19.1. The first-order chi connectivity index (χ1) is 13.7. The van der Waals surface area contributed by atoms with E-state index in [1.165, 1.54) is 43.2 Å². The highest BCUT2D eigenvalue weighted by Gasteiger charge is 2.49. The van der Waals surface area contributed by atoms with Crippen LogP contribution in [0, 0.1) is 10.8 Å². The average molecular weight is 403 g/mol. The van der Waals surface area contributed by atoms with E-state index in [0.29, 0.717) is 11.2 Å². The molecule has 0 heterocycles. The van der Waals surface area contributed by atoms with Gasteiger partial charge in [-0.1, -0.05) is 65.4 Å². The number of phenolic OH excluding ortho intramolecular Hbond substituents is 1. The Kier molecular flexibility index (Phi) is 9.04. The second kappa shape index (κ2) is 11.0. The van der Waals surface area contributed by atoms with Crippen LogP contribution in [0.1, 0.15) is 109 Å². The lowest BCUT2D eigenvalue weighted by atomic mass is 9.89. The van der Waals surface area contributed by atoms with Gasteiger partial charge in [-0.2, -0.15) is 0 Å². The number of carboxylic acid groups (broad SMARTS) is 1. The van der Waals surface area contributed by atoms with Crippen molar-refractivity contribution >= 4 is 5.97 Å². The first-order valence-electron chi connectivity index (χ1n) is 11.8. The number of unbranched alkanes of at least 4 members (excludes halogenated alkanes) is 6. The summed E-state index contributed by atoms with van der Waals surface area (Å²) in [6, 6.07) is 5.86. The predicted molar refractivity (Wildman–Crippen MR) is 120 cm³/mol. The van der Waals surface area contributed by atoms with Crippen LogP contribution in [0.5, 0.6) is 5.75 Å². The molecule has 0 aliphatic heterocycles. The van der Waals surface area contributed by atoms with Crippen molar-refractivity contribution in [1.82, 2.24) is 0 Å². The molecule has 1 aromatic carbocycles. The third-order valence-corrected chi connectivity index (χ3v) is 6.47. The standard InChI is InChI=1S/C26H42O3/c1-25(2,3)16-10-6-4-9-13-22-20-23(27)15-14-21(22)12-8-5-7-11-17-26(18-19-26)24(28)29/h14-15,20,27H,4-13,16-19H2,1-3H3,(H,28,29). The van der Waals surface area contributed by atoms with E-state index in [2.05, 4.69) is 26.8 Å². The molecule has 0 radical (unpaired) electrons. The van der Waals surface area contributed by atoms with Crippen LogP contribution in [0.4, 0.5) is 0 Å².